The Labute approximate surface area is 145 Å². The summed E-state index contributed by atoms with van der Waals surface area (Å²) in [6.45, 7) is 4.39. The first-order valence-electron chi connectivity index (χ1n) is 8.23. The minimum atomic E-state index is -0.297. The second-order valence-electron chi connectivity index (χ2n) is 6.07. The van der Waals surface area contributed by atoms with Gasteiger partial charge in [-0.1, -0.05) is 19.1 Å². The summed E-state index contributed by atoms with van der Waals surface area (Å²) in [6.07, 6.45) is 4.57. The molecule has 5 heteroatoms. The van der Waals surface area contributed by atoms with Crippen LogP contribution in [0.25, 0.3) is 0 Å². The van der Waals surface area contributed by atoms with Gasteiger partial charge in [-0.15, -0.1) is 11.3 Å². The normalized spacial score (nSPS) is 17.0. The van der Waals surface area contributed by atoms with Crippen LogP contribution in [0.2, 0.25) is 0 Å². The van der Waals surface area contributed by atoms with E-state index in [1.165, 1.54) is 4.88 Å². The third kappa shape index (κ3) is 3.36. The number of carbonyl (C=O) groups is 1. The molecule has 0 spiro atoms. The number of thiophene rings is 1. The third-order valence-electron chi connectivity index (χ3n) is 4.23. The van der Waals surface area contributed by atoms with Crippen molar-refractivity contribution in [3.8, 4) is 5.75 Å². The third-order valence-corrected chi connectivity index (χ3v) is 5.39. The van der Waals surface area contributed by atoms with Gasteiger partial charge in [-0.2, -0.15) is 0 Å². The number of fused-ring (bicyclic) bond motifs is 1. The lowest BCUT2D eigenvalue weighted by Crippen LogP contribution is -2.13. The zero-order valence-corrected chi connectivity index (χ0v) is 14.7. The molecule has 1 unspecified atom stereocenters. The van der Waals surface area contributed by atoms with Crippen molar-refractivity contribution in [2.45, 2.75) is 33.1 Å². The molecule has 1 aromatic carbocycles. The Bertz CT molecular complexity index is 779. The largest absolute Gasteiger partial charge is 0.507 e. The lowest BCUT2D eigenvalue weighted by Gasteiger charge is -2.18. The lowest BCUT2D eigenvalue weighted by molar-refractivity contribution is 0.0526. The van der Waals surface area contributed by atoms with Gasteiger partial charge in [0.15, 0.2) is 0 Å². The number of aliphatic imine (C=N–C) groups is 1. The van der Waals surface area contributed by atoms with E-state index in [4.69, 9.17) is 4.74 Å². The Morgan fingerprint density at radius 3 is 3.00 bits per heavy atom. The highest BCUT2D eigenvalue weighted by atomic mass is 32.1. The molecule has 0 aliphatic heterocycles. The van der Waals surface area contributed by atoms with E-state index in [-0.39, 0.29) is 11.7 Å². The molecule has 0 radical (unpaired) electrons. The van der Waals surface area contributed by atoms with E-state index in [2.05, 4.69) is 11.9 Å². The number of nitrogens with zero attached hydrogens (tertiary/aromatic N) is 1. The minimum absolute atomic E-state index is 0.175. The van der Waals surface area contributed by atoms with Crippen molar-refractivity contribution in [2.24, 2.45) is 10.9 Å². The van der Waals surface area contributed by atoms with Crippen LogP contribution in [0.4, 0.5) is 5.00 Å². The lowest BCUT2D eigenvalue weighted by atomic mass is 9.88. The van der Waals surface area contributed by atoms with Gasteiger partial charge >= 0.3 is 5.97 Å². The predicted molar refractivity (Wildman–Crippen MR) is 96.8 cm³/mol. The molecule has 1 aliphatic carbocycles. The van der Waals surface area contributed by atoms with E-state index in [0.717, 1.165) is 24.8 Å². The number of carbonyl (C=O) groups excluding carboxylic acids is 1. The maximum Gasteiger partial charge on any atom is 0.341 e. The molecule has 4 nitrogen and oxygen atoms in total. The van der Waals surface area contributed by atoms with E-state index in [1.807, 2.05) is 13.0 Å². The highest BCUT2D eigenvalue weighted by molar-refractivity contribution is 7.16. The van der Waals surface area contributed by atoms with Crippen LogP contribution in [0.3, 0.4) is 0 Å². The molecule has 1 heterocycles. The summed E-state index contributed by atoms with van der Waals surface area (Å²) in [5.74, 6) is 0.504. The molecule has 0 amide bonds. The zero-order valence-electron chi connectivity index (χ0n) is 13.9. The van der Waals surface area contributed by atoms with Crippen molar-refractivity contribution in [2.75, 3.05) is 6.61 Å². The van der Waals surface area contributed by atoms with Gasteiger partial charge in [0.05, 0.1) is 12.2 Å². The first kappa shape index (κ1) is 16.7. The highest BCUT2D eigenvalue weighted by Gasteiger charge is 2.28. The van der Waals surface area contributed by atoms with Crippen LogP contribution in [-0.2, 0) is 17.6 Å². The summed E-state index contributed by atoms with van der Waals surface area (Å²) in [5.41, 5.74) is 2.34. The SMILES string of the molecule is CCOC(=O)c1c(N=Cc2ccccc2O)sc2c1CCC(C)C2. The Balaban J connectivity index is 2.00. The smallest absolute Gasteiger partial charge is 0.341 e. The van der Waals surface area contributed by atoms with Crippen LogP contribution in [0.5, 0.6) is 5.75 Å². The maximum absolute atomic E-state index is 12.4. The van der Waals surface area contributed by atoms with Crippen molar-refractivity contribution >= 4 is 28.5 Å². The average Bonchev–Trinajstić information content (AvgIpc) is 2.91. The quantitative estimate of drug-likeness (QED) is 0.656. The molecule has 3 rings (SSSR count). The fraction of sp³-hybridized carbons (Fsp3) is 0.368. The number of esters is 1. The minimum Gasteiger partial charge on any atom is -0.507 e. The topological polar surface area (TPSA) is 58.9 Å². The van der Waals surface area contributed by atoms with Gasteiger partial charge in [0.1, 0.15) is 10.8 Å². The first-order chi connectivity index (χ1) is 11.6. The molecule has 1 atom stereocenters. The zero-order chi connectivity index (χ0) is 17.1. The summed E-state index contributed by atoms with van der Waals surface area (Å²) in [7, 11) is 0. The molecule has 0 fully saturated rings. The second-order valence-corrected chi connectivity index (χ2v) is 7.15. The fourth-order valence-corrected chi connectivity index (χ4v) is 4.31. The number of phenols is 1. The Hall–Kier alpha value is -2.14. The number of phenolic OH excluding ortho intramolecular Hbond substituents is 1. The number of benzene rings is 1. The first-order valence-corrected chi connectivity index (χ1v) is 9.05. The highest BCUT2D eigenvalue weighted by Crippen LogP contribution is 2.41. The Morgan fingerprint density at radius 1 is 1.46 bits per heavy atom. The number of hydrogen-bond donors (Lipinski definition) is 1. The Kier molecular flexibility index (Phi) is 5.00. The summed E-state index contributed by atoms with van der Waals surface area (Å²) >= 11 is 1.56. The number of ether oxygens (including phenoxy) is 1. The van der Waals surface area contributed by atoms with E-state index >= 15 is 0 Å². The van der Waals surface area contributed by atoms with Gasteiger partial charge in [-0.25, -0.2) is 9.79 Å². The van der Waals surface area contributed by atoms with Crippen LogP contribution in [0, 0.1) is 5.92 Å². The van der Waals surface area contributed by atoms with Gasteiger partial charge in [0.2, 0.25) is 0 Å². The number of hydrogen-bond acceptors (Lipinski definition) is 5. The summed E-state index contributed by atoms with van der Waals surface area (Å²) in [4.78, 5) is 18.2. The summed E-state index contributed by atoms with van der Waals surface area (Å²) < 4.78 is 5.24. The molecular formula is C19H21NO3S. The van der Waals surface area contributed by atoms with E-state index in [0.29, 0.717) is 28.7 Å². The van der Waals surface area contributed by atoms with E-state index in [9.17, 15) is 9.90 Å². The van der Waals surface area contributed by atoms with Crippen molar-refractivity contribution in [1.82, 2.24) is 0 Å². The van der Waals surface area contributed by atoms with Gasteiger partial charge in [-0.3, -0.25) is 0 Å². The van der Waals surface area contributed by atoms with Crippen molar-refractivity contribution in [3.05, 3.63) is 45.8 Å². The molecule has 1 aliphatic rings. The molecule has 0 saturated heterocycles. The van der Waals surface area contributed by atoms with Crippen LogP contribution in [-0.4, -0.2) is 23.9 Å². The second kappa shape index (κ2) is 7.18. The molecule has 2 aromatic rings. The Morgan fingerprint density at radius 2 is 2.25 bits per heavy atom. The molecule has 1 N–H and O–H groups in total. The van der Waals surface area contributed by atoms with E-state index < -0.39 is 0 Å². The van der Waals surface area contributed by atoms with Crippen LogP contribution in [0.1, 0.15) is 46.6 Å². The van der Waals surface area contributed by atoms with Crippen molar-refractivity contribution < 1.29 is 14.6 Å². The van der Waals surface area contributed by atoms with Crippen LogP contribution < -0.4 is 0 Å². The van der Waals surface area contributed by atoms with Crippen LogP contribution >= 0.6 is 11.3 Å². The summed E-state index contributed by atoms with van der Waals surface area (Å²) in [5, 5.41) is 10.5. The summed E-state index contributed by atoms with van der Waals surface area (Å²) in [6, 6.07) is 7.02. The standard InChI is InChI=1S/C19H21NO3S/c1-3-23-19(22)17-14-9-8-12(2)10-16(14)24-18(17)20-11-13-6-4-5-7-15(13)21/h4-7,11-12,21H,3,8-10H2,1-2H3. The van der Waals surface area contributed by atoms with Crippen molar-refractivity contribution in [3.63, 3.8) is 0 Å². The number of rotatable bonds is 4. The van der Waals surface area contributed by atoms with Crippen molar-refractivity contribution in [1.29, 1.82) is 0 Å². The van der Waals surface area contributed by atoms with Crippen LogP contribution in [0.15, 0.2) is 29.3 Å². The van der Waals surface area contributed by atoms with Gasteiger partial charge in [0.25, 0.3) is 0 Å². The number of para-hydroxylation sites is 1. The molecular weight excluding hydrogens is 322 g/mol. The number of aromatic hydroxyl groups is 1. The average molecular weight is 343 g/mol. The van der Waals surface area contributed by atoms with Gasteiger partial charge < -0.3 is 9.84 Å². The predicted octanol–water partition coefficient (Wildman–Crippen LogP) is 4.51. The van der Waals surface area contributed by atoms with E-state index in [1.54, 1.807) is 35.8 Å². The molecule has 24 heavy (non-hydrogen) atoms. The maximum atomic E-state index is 12.4. The molecule has 0 saturated carbocycles. The fourth-order valence-electron chi connectivity index (χ4n) is 2.97. The monoisotopic (exact) mass is 343 g/mol. The molecule has 1 aromatic heterocycles. The molecule has 126 valence electrons. The molecule has 0 bridgehead atoms. The van der Waals surface area contributed by atoms with Gasteiger partial charge in [0, 0.05) is 16.7 Å². The van der Waals surface area contributed by atoms with Gasteiger partial charge in [-0.05, 0) is 49.8 Å².